The molecule has 1 aromatic carbocycles. The van der Waals surface area contributed by atoms with Crippen LogP contribution in [0, 0.1) is 17.8 Å². The summed E-state index contributed by atoms with van der Waals surface area (Å²) in [5.41, 5.74) is 6.96. The summed E-state index contributed by atoms with van der Waals surface area (Å²) in [5, 5.41) is 3.23. The molecule has 2 saturated carbocycles. The first-order chi connectivity index (χ1) is 13.4. The van der Waals surface area contributed by atoms with Crippen molar-refractivity contribution in [2.24, 2.45) is 23.5 Å². The van der Waals surface area contributed by atoms with Crippen molar-refractivity contribution in [3.05, 3.63) is 35.4 Å². The number of carbonyl (C=O) groups excluding carboxylic acids is 3. The Kier molecular flexibility index (Phi) is 6.34. The van der Waals surface area contributed by atoms with Gasteiger partial charge in [0, 0.05) is 12.1 Å². The molecule has 0 aromatic heterocycles. The number of fused-ring (bicyclic) bond motifs is 3. The number of nitrogens with one attached hydrogen (secondary N) is 1. The third kappa shape index (κ3) is 3.80. The summed E-state index contributed by atoms with van der Waals surface area (Å²) in [6, 6.07) is 6.28. The summed E-state index contributed by atoms with van der Waals surface area (Å²) in [6.07, 6.45) is 5.20. The molecule has 2 aliphatic carbocycles. The first-order valence-corrected chi connectivity index (χ1v) is 10.4. The fourth-order valence-corrected chi connectivity index (χ4v) is 5.45. The molecule has 1 aliphatic heterocycles. The maximum absolute atomic E-state index is 13.3. The highest BCUT2D eigenvalue weighted by molar-refractivity contribution is 6.22. The van der Waals surface area contributed by atoms with E-state index in [-0.39, 0.29) is 48.1 Å². The Morgan fingerprint density at radius 1 is 1.07 bits per heavy atom. The highest BCUT2D eigenvalue weighted by Crippen LogP contribution is 2.40. The Morgan fingerprint density at radius 2 is 1.59 bits per heavy atom. The third-order valence-corrected chi connectivity index (χ3v) is 6.69. The van der Waals surface area contributed by atoms with Crippen LogP contribution in [-0.4, -0.2) is 40.7 Å². The van der Waals surface area contributed by atoms with Gasteiger partial charge in [-0.05, 0) is 55.6 Å². The van der Waals surface area contributed by atoms with Crippen LogP contribution in [-0.2, 0) is 4.79 Å². The fourth-order valence-electron chi connectivity index (χ4n) is 5.45. The monoisotopic (exact) mass is 419 g/mol. The molecular weight excluding hydrogens is 390 g/mol. The molecule has 29 heavy (non-hydrogen) atoms. The summed E-state index contributed by atoms with van der Waals surface area (Å²) >= 11 is 0. The minimum atomic E-state index is -0.802. The Bertz CT molecular complexity index is 763. The molecule has 0 radical (unpaired) electrons. The Balaban J connectivity index is 0.00000240. The Labute approximate surface area is 178 Å². The van der Waals surface area contributed by atoms with Gasteiger partial charge in [-0.2, -0.15) is 0 Å². The second kappa shape index (κ2) is 8.44. The van der Waals surface area contributed by atoms with Gasteiger partial charge in [-0.15, -0.1) is 12.4 Å². The van der Waals surface area contributed by atoms with Gasteiger partial charge in [-0.25, -0.2) is 0 Å². The van der Waals surface area contributed by atoms with Crippen molar-refractivity contribution in [3.8, 4) is 0 Å². The lowest BCUT2D eigenvalue weighted by Gasteiger charge is -2.46. The smallest absolute Gasteiger partial charge is 0.262 e. The molecule has 0 saturated heterocycles. The summed E-state index contributed by atoms with van der Waals surface area (Å²) < 4.78 is 0. The van der Waals surface area contributed by atoms with E-state index in [1.807, 2.05) is 13.8 Å². The van der Waals surface area contributed by atoms with Crippen molar-refractivity contribution in [2.45, 2.75) is 64.1 Å². The highest BCUT2D eigenvalue weighted by atomic mass is 35.5. The number of rotatable bonds is 4. The molecule has 3 unspecified atom stereocenters. The summed E-state index contributed by atoms with van der Waals surface area (Å²) in [4.78, 5) is 40.3. The lowest BCUT2D eigenvalue weighted by molar-refractivity contribution is -0.128. The lowest BCUT2D eigenvalue weighted by Crippen LogP contribution is -2.59. The van der Waals surface area contributed by atoms with Crippen LogP contribution in [0.25, 0.3) is 0 Å². The second-order valence-corrected chi connectivity index (χ2v) is 8.93. The van der Waals surface area contributed by atoms with Gasteiger partial charge in [-0.3, -0.25) is 19.3 Å². The van der Waals surface area contributed by atoms with Crippen molar-refractivity contribution >= 4 is 30.1 Å². The molecule has 3 aliphatic rings. The van der Waals surface area contributed by atoms with Crippen LogP contribution in [0.2, 0.25) is 0 Å². The van der Waals surface area contributed by atoms with Crippen molar-refractivity contribution in [1.29, 1.82) is 0 Å². The van der Waals surface area contributed by atoms with Gasteiger partial charge in [0.1, 0.15) is 6.04 Å². The van der Waals surface area contributed by atoms with Crippen molar-refractivity contribution < 1.29 is 14.4 Å². The number of imide groups is 1. The van der Waals surface area contributed by atoms with Crippen molar-refractivity contribution in [3.63, 3.8) is 0 Å². The van der Waals surface area contributed by atoms with E-state index >= 15 is 0 Å². The van der Waals surface area contributed by atoms with E-state index in [4.69, 9.17) is 5.73 Å². The van der Waals surface area contributed by atoms with Crippen LogP contribution in [0.4, 0.5) is 0 Å². The van der Waals surface area contributed by atoms with E-state index in [2.05, 4.69) is 5.32 Å². The SMILES string of the molecule is CC(C)C(C(=O)NC1C2CCCC1CC(N)C2)N1C(=O)c2ccccc2C1=O.Cl. The van der Waals surface area contributed by atoms with Gasteiger partial charge in [0.25, 0.3) is 11.8 Å². The number of benzene rings is 1. The molecule has 158 valence electrons. The van der Waals surface area contributed by atoms with Crippen LogP contribution in [0.15, 0.2) is 24.3 Å². The Morgan fingerprint density at radius 3 is 2.07 bits per heavy atom. The fraction of sp³-hybridized carbons (Fsp3) is 0.591. The van der Waals surface area contributed by atoms with Gasteiger partial charge in [0.05, 0.1) is 11.1 Å². The number of nitrogens with zero attached hydrogens (tertiary/aromatic N) is 1. The molecule has 2 bridgehead atoms. The molecule has 4 rings (SSSR count). The third-order valence-electron chi connectivity index (χ3n) is 6.69. The van der Waals surface area contributed by atoms with Crippen LogP contribution in [0.5, 0.6) is 0 Å². The van der Waals surface area contributed by atoms with Crippen LogP contribution in [0.1, 0.15) is 66.7 Å². The Hall–Kier alpha value is -1.92. The van der Waals surface area contributed by atoms with E-state index in [0.29, 0.717) is 23.0 Å². The number of hydrogen-bond acceptors (Lipinski definition) is 4. The largest absolute Gasteiger partial charge is 0.351 e. The minimum Gasteiger partial charge on any atom is -0.351 e. The number of carbonyl (C=O) groups is 3. The zero-order valence-electron chi connectivity index (χ0n) is 17.0. The molecule has 6 nitrogen and oxygen atoms in total. The molecule has 3 N–H and O–H groups in total. The van der Waals surface area contributed by atoms with E-state index in [1.165, 1.54) is 6.42 Å². The van der Waals surface area contributed by atoms with E-state index in [9.17, 15) is 14.4 Å². The molecule has 0 spiro atoms. The summed E-state index contributed by atoms with van der Waals surface area (Å²) in [5.74, 6) is -0.363. The zero-order valence-corrected chi connectivity index (χ0v) is 17.8. The molecule has 2 fully saturated rings. The van der Waals surface area contributed by atoms with Crippen LogP contribution in [0.3, 0.4) is 0 Å². The van der Waals surface area contributed by atoms with Gasteiger partial charge in [0.2, 0.25) is 5.91 Å². The normalized spacial score (nSPS) is 29.3. The van der Waals surface area contributed by atoms with Crippen LogP contribution < -0.4 is 11.1 Å². The molecule has 3 atom stereocenters. The predicted molar refractivity (Wildman–Crippen MR) is 113 cm³/mol. The zero-order chi connectivity index (χ0) is 20.0. The van der Waals surface area contributed by atoms with Crippen molar-refractivity contribution in [2.75, 3.05) is 0 Å². The van der Waals surface area contributed by atoms with E-state index in [1.54, 1.807) is 24.3 Å². The summed E-state index contributed by atoms with van der Waals surface area (Å²) in [6.45, 7) is 3.76. The number of nitrogens with two attached hydrogens (primary N) is 1. The van der Waals surface area contributed by atoms with Gasteiger partial charge in [-0.1, -0.05) is 32.4 Å². The topological polar surface area (TPSA) is 92.5 Å². The van der Waals surface area contributed by atoms with E-state index in [0.717, 1.165) is 30.6 Å². The number of amides is 3. The maximum atomic E-state index is 13.3. The standard InChI is InChI=1S/C22H29N3O3.ClH/c1-12(2)19(25-21(27)16-8-3-4-9-17(16)22(25)28)20(26)24-18-13-6-5-7-14(18)11-15(23)10-13;/h3-4,8-9,12-15,18-19H,5-7,10-11,23H2,1-2H3,(H,24,26);1H. The quantitative estimate of drug-likeness (QED) is 0.734. The number of hydrogen-bond donors (Lipinski definition) is 2. The average molecular weight is 420 g/mol. The number of halogens is 1. The van der Waals surface area contributed by atoms with Gasteiger partial charge >= 0.3 is 0 Å². The highest BCUT2D eigenvalue weighted by Gasteiger charge is 2.46. The molecule has 1 aromatic rings. The van der Waals surface area contributed by atoms with E-state index < -0.39 is 6.04 Å². The van der Waals surface area contributed by atoms with Crippen LogP contribution >= 0.6 is 12.4 Å². The first-order valence-electron chi connectivity index (χ1n) is 10.4. The minimum absolute atomic E-state index is 0. The van der Waals surface area contributed by atoms with Gasteiger partial charge < -0.3 is 11.1 Å². The average Bonchev–Trinajstić information content (AvgIpc) is 2.88. The lowest BCUT2D eigenvalue weighted by atomic mass is 9.67. The molecule has 3 amide bonds. The molecule has 7 heteroatoms. The predicted octanol–water partition coefficient (Wildman–Crippen LogP) is 2.75. The maximum Gasteiger partial charge on any atom is 0.262 e. The molecular formula is C22H30ClN3O3. The first kappa shape index (κ1) is 21.8. The van der Waals surface area contributed by atoms with Gasteiger partial charge in [0.15, 0.2) is 0 Å². The summed E-state index contributed by atoms with van der Waals surface area (Å²) in [7, 11) is 0. The molecule has 1 heterocycles. The van der Waals surface area contributed by atoms with Crippen molar-refractivity contribution in [1.82, 2.24) is 10.2 Å². The second-order valence-electron chi connectivity index (χ2n) is 8.93.